The maximum absolute atomic E-state index is 12.6. The Hall–Kier alpha value is -2.16. The van der Waals surface area contributed by atoms with Crippen molar-refractivity contribution in [3.05, 3.63) is 35.3 Å². The van der Waals surface area contributed by atoms with Gasteiger partial charge in [-0.05, 0) is 70.0 Å². The number of alkyl carbamates (subject to hydrolysis) is 1. The van der Waals surface area contributed by atoms with Crippen molar-refractivity contribution in [2.45, 2.75) is 38.3 Å². The number of nitrogens with zero attached hydrogens (tertiary/aromatic N) is 2. The highest BCUT2D eigenvalue weighted by Crippen LogP contribution is 2.32. The molecule has 31 heavy (non-hydrogen) atoms. The number of carbonyl (C=O) groups excluding carboxylic acids is 1. The number of aromatic nitrogens is 1. The Labute approximate surface area is 187 Å². The molecule has 3 fully saturated rings. The van der Waals surface area contributed by atoms with E-state index in [0.29, 0.717) is 19.1 Å². The van der Waals surface area contributed by atoms with E-state index >= 15 is 0 Å². The monoisotopic (exact) mass is 445 g/mol. The average molecular weight is 446 g/mol. The van der Waals surface area contributed by atoms with Crippen LogP contribution in [0.5, 0.6) is 5.75 Å². The molecule has 4 heterocycles. The zero-order chi connectivity index (χ0) is 21.8. The zero-order valence-corrected chi connectivity index (χ0v) is 19.2. The van der Waals surface area contributed by atoms with E-state index in [9.17, 15) is 4.79 Å². The molecule has 168 valence electrons. The average Bonchev–Trinajstić information content (AvgIpc) is 3.26. The highest BCUT2D eigenvalue weighted by atomic mass is 32.1. The predicted molar refractivity (Wildman–Crippen MR) is 121 cm³/mol. The van der Waals surface area contributed by atoms with Crippen LogP contribution in [0.25, 0.3) is 10.6 Å². The van der Waals surface area contributed by atoms with Gasteiger partial charge in [0.25, 0.3) is 0 Å². The third kappa shape index (κ3) is 5.37. The lowest BCUT2D eigenvalue weighted by Crippen LogP contribution is -2.53. The fourth-order valence-electron chi connectivity index (χ4n) is 4.16. The standard InChI is InChI=1S/C23H31N3O4S/c1-23(2,25-22(27)30-19-14-26-10-8-16(19)9-11-26)20-15-31-21(24-20)17-4-6-18(7-5-17)29-13-12-28-3/h4-7,15-16,19H,8-14H2,1-3H3,(H,25,27). The van der Waals surface area contributed by atoms with Crippen LogP contribution in [-0.2, 0) is 15.0 Å². The number of thiazole rings is 1. The number of fused-ring (bicyclic) bond motifs is 3. The van der Waals surface area contributed by atoms with Crippen molar-refractivity contribution in [3.63, 3.8) is 0 Å². The third-order valence-electron chi connectivity index (χ3n) is 6.07. The lowest BCUT2D eigenvalue weighted by atomic mass is 9.86. The third-order valence-corrected chi connectivity index (χ3v) is 6.96. The second-order valence-electron chi connectivity index (χ2n) is 8.74. The van der Waals surface area contributed by atoms with E-state index in [0.717, 1.165) is 54.5 Å². The van der Waals surface area contributed by atoms with E-state index in [2.05, 4.69) is 10.2 Å². The van der Waals surface area contributed by atoms with Gasteiger partial charge < -0.3 is 19.5 Å². The van der Waals surface area contributed by atoms with E-state index in [1.54, 1.807) is 18.4 Å². The van der Waals surface area contributed by atoms with E-state index in [1.807, 2.05) is 43.5 Å². The Morgan fingerprint density at radius 2 is 1.97 bits per heavy atom. The fraction of sp³-hybridized carbons (Fsp3) is 0.565. The first-order chi connectivity index (χ1) is 14.9. The van der Waals surface area contributed by atoms with Gasteiger partial charge in [-0.25, -0.2) is 9.78 Å². The van der Waals surface area contributed by atoms with E-state index in [1.165, 1.54) is 0 Å². The smallest absolute Gasteiger partial charge is 0.408 e. The summed E-state index contributed by atoms with van der Waals surface area (Å²) in [5.74, 6) is 1.29. The lowest BCUT2D eigenvalue weighted by Gasteiger charge is -2.44. The molecule has 0 radical (unpaired) electrons. The summed E-state index contributed by atoms with van der Waals surface area (Å²) in [6.07, 6.45) is 1.87. The maximum Gasteiger partial charge on any atom is 0.408 e. The highest BCUT2D eigenvalue weighted by molar-refractivity contribution is 7.13. The van der Waals surface area contributed by atoms with Crippen molar-refractivity contribution < 1.29 is 19.0 Å². The molecular formula is C23H31N3O4S. The van der Waals surface area contributed by atoms with Crippen molar-refractivity contribution in [2.24, 2.45) is 5.92 Å². The summed E-state index contributed by atoms with van der Waals surface area (Å²) >= 11 is 1.56. The van der Waals surface area contributed by atoms with Crippen LogP contribution in [0.4, 0.5) is 4.79 Å². The first-order valence-corrected chi connectivity index (χ1v) is 11.7. The molecular weight excluding hydrogens is 414 g/mol. The minimum Gasteiger partial charge on any atom is -0.491 e. The molecule has 8 heteroatoms. The largest absolute Gasteiger partial charge is 0.491 e. The molecule has 2 bridgehead atoms. The summed E-state index contributed by atoms with van der Waals surface area (Å²) in [6, 6.07) is 7.85. The quantitative estimate of drug-likeness (QED) is 0.622. The Kier molecular flexibility index (Phi) is 6.79. The second kappa shape index (κ2) is 9.54. The van der Waals surface area contributed by atoms with E-state index in [4.69, 9.17) is 19.2 Å². The number of nitrogens with one attached hydrogen (secondary N) is 1. The molecule has 1 unspecified atom stereocenters. The molecule has 1 atom stereocenters. The van der Waals surface area contributed by atoms with Crippen LogP contribution in [0.1, 0.15) is 32.4 Å². The van der Waals surface area contributed by atoms with Gasteiger partial charge in [0.2, 0.25) is 0 Å². The molecule has 1 aromatic carbocycles. The summed E-state index contributed by atoms with van der Waals surface area (Å²) < 4.78 is 16.4. The van der Waals surface area contributed by atoms with Gasteiger partial charge in [0.15, 0.2) is 0 Å². The fourth-order valence-corrected chi connectivity index (χ4v) is 5.15. The predicted octanol–water partition coefficient (Wildman–Crippen LogP) is 3.89. The van der Waals surface area contributed by atoms with Gasteiger partial charge in [-0.2, -0.15) is 0 Å². The van der Waals surface area contributed by atoms with Gasteiger partial charge in [0, 0.05) is 24.6 Å². The Balaban J connectivity index is 1.35. The van der Waals surface area contributed by atoms with Crippen molar-refractivity contribution in [1.82, 2.24) is 15.2 Å². The molecule has 1 N–H and O–H groups in total. The summed E-state index contributed by atoms with van der Waals surface area (Å²) in [5.41, 5.74) is 1.21. The Morgan fingerprint density at radius 1 is 1.23 bits per heavy atom. The second-order valence-corrected chi connectivity index (χ2v) is 9.59. The normalized spacial score (nSPS) is 22.9. The summed E-state index contributed by atoms with van der Waals surface area (Å²) in [5, 5.41) is 5.91. The number of ether oxygens (including phenoxy) is 3. The summed E-state index contributed by atoms with van der Waals surface area (Å²) in [4.78, 5) is 19.8. The van der Waals surface area contributed by atoms with Gasteiger partial charge in [-0.1, -0.05) is 0 Å². The molecule has 7 nitrogen and oxygen atoms in total. The van der Waals surface area contributed by atoms with Gasteiger partial charge in [0.1, 0.15) is 23.5 Å². The number of rotatable bonds is 8. The van der Waals surface area contributed by atoms with Crippen LogP contribution in [-0.4, -0.2) is 62.0 Å². The van der Waals surface area contributed by atoms with Crippen LogP contribution < -0.4 is 10.1 Å². The van der Waals surface area contributed by atoms with Crippen molar-refractivity contribution in [3.8, 4) is 16.3 Å². The van der Waals surface area contributed by atoms with Crippen molar-refractivity contribution in [2.75, 3.05) is 40.0 Å². The summed E-state index contributed by atoms with van der Waals surface area (Å²) in [7, 11) is 1.65. The molecule has 1 aromatic heterocycles. The van der Waals surface area contributed by atoms with Gasteiger partial charge in [0.05, 0.1) is 17.8 Å². The van der Waals surface area contributed by atoms with Crippen molar-refractivity contribution in [1.29, 1.82) is 0 Å². The number of carbonyl (C=O) groups is 1. The van der Waals surface area contributed by atoms with Crippen LogP contribution in [0.2, 0.25) is 0 Å². The van der Waals surface area contributed by atoms with Crippen molar-refractivity contribution >= 4 is 17.4 Å². The van der Waals surface area contributed by atoms with E-state index in [-0.39, 0.29) is 12.2 Å². The van der Waals surface area contributed by atoms with Gasteiger partial charge in [-0.15, -0.1) is 11.3 Å². The number of hydrogen-bond acceptors (Lipinski definition) is 7. The minimum atomic E-state index is -0.622. The molecule has 5 rings (SSSR count). The first-order valence-electron chi connectivity index (χ1n) is 10.8. The molecule has 3 aliphatic rings. The zero-order valence-electron chi connectivity index (χ0n) is 18.4. The summed E-state index contributed by atoms with van der Waals surface area (Å²) in [6.45, 7) is 8.09. The number of hydrogen-bond donors (Lipinski definition) is 1. The lowest BCUT2D eigenvalue weighted by molar-refractivity contribution is -0.0350. The maximum atomic E-state index is 12.6. The SMILES string of the molecule is COCCOc1ccc(-c2nc(C(C)(C)NC(=O)OC3CN4CCC3CC4)cs2)cc1. The van der Waals surface area contributed by atoms with Gasteiger partial charge >= 0.3 is 6.09 Å². The van der Waals surface area contributed by atoms with Crippen LogP contribution in [0.15, 0.2) is 29.6 Å². The molecule has 0 aliphatic carbocycles. The van der Waals surface area contributed by atoms with Gasteiger partial charge in [-0.3, -0.25) is 4.90 Å². The minimum absolute atomic E-state index is 0.00563. The van der Waals surface area contributed by atoms with Crippen LogP contribution >= 0.6 is 11.3 Å². The number of benzene rings is 1. The highest BCUT2D eigenvalue weighted by Gasteiger charge is 2.37. The molecule has 3 aliphatic heterocycles. The number of methoxy groups -OCH3 is 1. The Morgan fingerprint density at radius 3 is 2.61 bits per heavy atom. The van der Waals surface area contributed by atoms with Crippen LogP contribution in [0, 0.1) is 5.92 Å². The molecule has 0 spiro atoms. The number of piperidine rings is 3. The first kappa shape index (κ1) is 22.0. The number of amides is 1. The van der Waals surface area contributed by atoms with Crippen LogP contribution in [0.3, 0.4) is 0 Å². The van der Waals surface area contributed by atoms with E-state index < -0.39 is 5.54 Å². The molecule has 0 saturated carbocycles. The molecule has 2 aromatic rings. The molecule has 3 saturated heterocycles. The Bertz CT molecular complexity index is 875. The molecule has 1 amide bonds. The topological polar surface area (TPSA) is 72.9 Å².